The maximum Gasteiger partial charge on any atom is 0.223 e. The third-order valence-corrected chi connectivity index (χ3v) is 3.50. The molecular formula is C11H20N2O. The van der Waals surface area contributed by atoms with Gasteiger partial charge in [-0.15, -0.1) is 0 Å². The van der Waals surface area contributed by atoms with E-state index in [1.54, 1.807) is 0 Å². The molecule has 2 aliphatic rings. The molecule has 0 saturated heterocycles. The van der Waals surface area contributed by atoms with Gasteiger partial charge in [0.05, 0.1) is 0 Å². The molecule has 0 bridgehead atoms. The first-order valence-electron chi connectivity index (χ1n) is 5.81. The van der Waals surface area contributed by atoms with E-state index in [0.29, 0.717) is 18.4 Å². The van der Waals surface area contributed by atoms with Crippen molar-refractivity contribution < 1.29 is 4.79 Å². The van der Waals surface area contributed by atoms with Crippen LogP contribution in [0, 0.1) is 11.8 Å². The Morgan fingerprint density at radius 3 is 2.43 bits per heavy atom. The van der Waals surface area contributed by atoms with Gasteiger partial charge in [-0.3, -0.25) is 4.79 Å². The molecule has 1 amide bonds. The summed E-state index contributed by atoms with van der Waals surface area (Å²) in [6.07, 6.45) is 7.25. The molecule has 3 heteroatoms. The fourth-order valence-electron chi connectivity index (χ4n) is 2.38. The molecule has 2 rings (SSSR count). The number of hydrogen-bond acceptors (Lipinski definition) is 2. The van der Waals surface area contributed by atoms with Gasteiger partial charge in [0.1, 0.15) is 0 Å². The molecule has 1 atom stereocenters. The van der Waals surface area contributed by atoms with Crippen LogP contribution < -0.4 is 11.1 Å². The van der Waals surface area contributed by atoms with Crippen molar-refractivity contribution >= 4 is 5.91 Å². The van der Waals surface area contributed by atoms with Gasteiger partial charge in [-0.2, -0.15) is 0 Å². The predicted octanol–water partition coefficient (Wildman–Crippen LogP) is 1.03. The van der Waals surface area contributed by atoms with Crippen molar-refractivity contribution in [2.24, 2.45) is 17.6 Å². The minimum atomic E-state index is 0.241. The van der Waals surface area contributed by atoms with Crippen molar-refractivity contribution in [3.63, 3.8) is 0 Å². The lowest BCUT2D eigenvalue weighted by Gasteiger charge is -2.23. The lowest BCUT2D eigenvalue weighted by Crippen LogP contribution is -2.45. The van der Waals surface area contributed by atoms with Crippen LogP contribution >= 0.6 is 0 Å². The molecule has 0 spiro atoms. The summed E-state index contributed by atoms with van der Waals surface area (Å²) >= 11 is 0. The van der Waals surface area contributed by atoms with Crippen LogP contribution in [0.15, 0.2) is 0 Å². The minimum Gasteiger partial charge on any atom is -0.352 e. The molecule has 80 valence electrons. The molecule has 3 nitrogen and oxygen atoms in total. The molecule has 0 heterocycles. The molecule has 0 aromatic heterocycles. The fourth-order valence-corrected chi connectivity index (χ4v) is 2.38. The standard InChI is InChI=1S/C11H20N2O/c12-7-10(8-3-1-2-4-8)13-11(14)9-5-6-9/h8-10H,1-7,12H2,(H,13,14). The molecule has 0 aliphatic heterocycles. The van der Waals surface area contributed by atoms with Gasteiger partial charge < -0.3 is 11.1 Å². The fraction of sp³-hybridized carbons (Fsp3) is 0.909. The van der Waals surface area contributed by atoms with Crippen LogP contribution in [-0.4, -0.2) is 18.5 Å². The highest BCUT2D eigenvalue weighted by Gasteiger charge is 2.33. The summed E-state index contributed by atoms with van der Waals surface area (Å²) in [5, 5.41) is 3.11. The number of carbonyl (C=O) groups excluding carboxylic acids is 1. The van der Waals surface area contributed by atoms with E-state index < -0.39 is 0 Å². The maximum atomic E-state index is 11.6. The molecule has 2 saturated carbocycles. The number of amides is 1. The molecule has 3 N–H and O–H groups in total. The Morgan fingerprint density at radius 2 is 1.93 bits per heavy atom. The van der Waals surface area contributed by atoms with Crippen molar-refractivity contribution in [3.8, 4) is 0 Å². The predicted molar refractivity (Wildman–Crippen MR) is 55.7 cm³/mol. The third-order valence-electron chi connectivity index (χ3n) is 3.50. The molecule has 2 fully saturated rings. The molecule has 0 aromatic rings. The van der Waals surface area contributed by atoms with Gasteiger partial charge in [0.25, 0.3) is 0 Å². The maximum absolute atomic E-state index is 11.6. The normalized spacial score (nSPS) is 24.9. The van der Waals surface area contributed by atoms with Gasteiger partial charge in [-0.05, 0) is 31.6 Å². The van der Waals surface area contributed by atoms with Crippen LogP contribution in [0.4, 0.5) is 0 Å². The van der Waals surface area contributed by atoms with Gasteiger partial charge in [0, 0.05) is 18.5 Å². The number of hydrogen-bond donors (Lipinski definition) is 2. The first-order valence-corrected chi connectivity index (χ1v) is 5.81. The second-order valence-corrected chi connectivity index (χ2v) is 4.67. The average Bonchev–Trinajstić information content (AvgIpc) is 2.91. The summed E-state index contributed by atoms with van der Waals surface area (Å²) in [6.45, 7) is 0.600. The van der Waals surface area contributed by atoms with E-state index in [-0.39, 0.29) is 11.9 Å². The Kier molecular flexibility index (Phi) is 3.06. The van der Waals surface area contributed by atoms with Crippen LogP contribution in [0.1, 0.15) is 38.5 Å². The Balaban J connectivity index is 1.81. The summed E-state index contributed by atoms with van der Waals surface area (Å²) in [5.74, 6) is 1.19. The van der Waals surface area contributed by atoms with Crippen LogP contribution in [0.3, 0.4) is 0 Å². The van der Waals surface area contributed by atoms with E-state index >= 15 is 0 Å². The zero-order chi connectivity index (χ0) is 9.97. The summed E-state index contributed by atoms with van der Waals surface area (Å²) in [4.78, 5) is 11.6. The second kappa shape index (κ2) is 4.30. The van der Waals surface area contributed by atoms with Crippen molar-refractivity contribution in [2.75, 3.05) is 6.54 Å². The number of nitrogens with two attached hydrogens (primary N) is 1. The summed E-state index contributed by atoms with van der Waals surface area (Å²) in [6, 6.07) is 0.241. The first kappa shape index (κ1) is 9.97. The van der Waals surface area contributed by atoms with Crippen LogP contribution in [0.5, 0.6) is 0 Å². The van der Waals surface area contributed by atoms with Crippen LogP contribution in [0.2, 0.25) is 0 Å². The minimum absolute atomic E-state index is 0.241. The Hall–Kier alpha value is -0.570. The largest absolute Gasteiger partial charge is 0.352 e. The van der Waals surface area contributed by atoms with Crippen LogP contribution in [0.25, 0.3) is 0 Å². The second-order valence-electron chi connectivity index (χ2n) is 4.67. The van der Waals surface area contributed by atoms with Crippen LogP contribution in [-0.2, 0) is 4.79 Å². The lowest BCUT2D eigenvalue weighted by molar-refractivity contribution is -0.123. The van der Waals surface area contributed by atoms with Gasteiger partial charge >= 0.3 is 0 Å². The molecular weight excluding hydrogens is 176 g/mol. The smallest absolute Gasteiger partial charge is 0.223 e. The van der Waals surface area contributed by atoms with Gasteiger partial charge in [0.2, 0.25) is 5.91 Å². The average molecular weight is 196 g/mol. The van der Waals surface area contributed by atoms with Gasteiger partial charge in [0.15, 0.2) is 0 Å². The first-order chi connectivity index (χ1) is 6.81. The van der Waals surface area contributed by atoms with E-state index in [1.807, 2.05) is 0 Å². The number of rotatable bonds is 4. The van der Waals surface area contributed by atoms with Crippen molar-refractivity contribution in [2.45, 2.75) is 44.6 Å². The van der Waals surface area contributed by atoms with E-state index in [2.05, 4.69) is 5.32 Å². The van der Waals surface area contributed by atoms with Crippen molar-refractivity contribution in [1.29, 1.82) is 0 Å². The summed E-state index contributed by atoms with van der Waals surface area (Å²) < 4.78 is 0. The number of nitrogens with one attached hydrogen (secondary N) is 1. The Labute approximate surface area is 85.4 Å². The third kappa shape index (κ3) is 2.27. The quantitative estimate of drug-likeness (QED) is 0.705. The topological polar surface area (TPSA) is 55.1 Å². The number of carbonyl (C=O) groups is 1. The lowest BCUT2D eigenvalue weighted by atomic mass is 9.98. The van der Waals surface area contributed by atoms with Gasteiger partial charge in [-0.1, -0.05) is 12.8 Å². The molecule has 2 aliphatic carbocycles. The summed E-state index contributed by atoms with van der Waals surface area (Å²) in [7, 11) is 0. The highest BCUT2D eigenvalue weighted by molar-refractivity contribution is 5.81. The monoisotopic (exact) mass is 196 g/mol. The molecule has 1 unspecified atom stereocenters. The van der Waals surface area contributed by atoms with E-state index in [1.165, 1.54) is 25.7 Å². The Morgan fingerprint density at radius 1 is 1.29 bits per heavy atom. The van der Waals surface area contributed by atoms with Gasteiger partial charge in [-0.25, -0.2) is 0 Å². The van der Waals surface area contributed by atoms with Crippen molar-refractivity contribution in [1.82, 2.24) is 5.32 Å². The zero-order valence-corrected chi connectivity index (χ0v) is 8.67. The summed E-state index contributed by atoms with van der Waals surface area (Å²) in [5.41, 5.74) is 5.71. The van der Waals surface area contributed by atoms with Crippen molar-refractivity contribution in [3.05, 3.63) is 0 Å². The highest BCUT2D eigenvalue weighted by Crippen LogP contribution is 2.31. The highest BCUT2D eigenvalue weighted by atomic mass is 16.2. The van der Waals surface area contributed by atoms with E-state index in [9.17, 15) is 4.79 Å². The van der Waals surface area contributed by atoms with E-state index in [4.69, 9.17) is 5.73 Å². The molecule has 0 radical (unpaired) electrons. The molecule has 14 heavy (non-hydrogen) atoms. The Bertz CT molecular complexity index is 207. The van der Waals surface area contributed by atoms with E-state index in [0.717, 1.165) is 12.8 Å². The zero-order valence-electron chi connectivity index (χ0n) is 8.67. The molecule has 0 aromatic carbocycles. The SMILES string of the molecule is NCC(NC(=O)C1CC1)C1CCCC1.